The summed E-state index contributed by atoms with van der Waals surface area (Å²) >= 11 is 0. The summed E-state index contributed by atoms with van der Waals surface area (Å²) in [5, 5.41) is 0. The van der Waals surface area contributed by atoms with Crippen molar-refractivity contribution in [2.24, 2.45) is 0 Å². The summed E-state index contributed by atoms with van der Waals surface area (Å²) in [5.41, 5.74) is 0. The van der Waals surface area contributed by atoms with Crippen LogP contribution >= 0.6 is 0 Å². The van der Waals surface area contributed by atoms with E-state index in [1.54, 1.807) is 0 Å². The summed E-state index contributed by atoms with van der Waals surface area (Å²) in [7, 11) is 0. The van der Waals surface area contributed by atoms with E-state index in [0.717, 1.165) is 57.8 Å². The predicted octanol–water partition coefficient (Wildman–Crippen LogP) is 19.0. The van der Waals surface area contributed by atoms with Crippen molar-refractivity contribution in [3.8, 4) is 0 Å². The van der Waals surface area contributed by atoms with E-state index in [2.05, 4.69) is 63.3 Å². The lowest BCUT2D eigenvalue weighted by Gasteiger charge is -2.18. The van der Waals surface area contributed by atoms with Gasteiger partial charge in [-0.25, -0.2) is 0 Å². The van der Waals surface area contributed by atoms with Crippen molar-refractivity contribution in [2.45, 2.75) is 303 Å². The first kappa shape index (κ1) is 63.4. The minimum absolute atomic E-state index is 0.0948. The molecule has 0 aliphatic rings. The fourth-order valence-corrected chi connectivity index (χ4v) is 8.19. The molecule has 0 aromatic carbocycles. The molecular formula is C60H108O6. The molecule has 66 heavy (non-hydrogen) atoms. The highest BCUT2D eigenvalue weighted by molar-refractivity contribution is 5.71. The molecule has 384 valence electrons. The van der Waals surface area contributed by atoms with E-state index < -0.39 is 6.10 Å². The van der Waals surface area contributed by atoms with Gasteiger partial charge in [0.15, 0.2) is 6.10 Å². The van der Waals surface area contributed by atoms with Crippen LogP contribution in [0.5, 0.6) is 0 Å². The average Bonchev–Trinajstić information content (AvgIpc) is 3.31. The number of hydrogen-bond acceptors (Lipinski definition) is 6. The van der Waals surface area contributed by atoms with Gasteiger partial charge < -0.3 is 14.2 Å². The van der Waals surface area contributed by atoms with E-state index in [1.807, 2.05) is 6.08 Å². The molecule has 0 rings (SSSR count). The Morgan fingerprint density at radius 3 is 0.939 bits per heavy atom. The third-order valence-corrected chi connectivity index (χ3v) is 12.5. The molecule has 0 aliphatic carbocycles. The molecule has 0 amide bonds. The maximum absolute atomic E-state index is 12.8. The SMILES string of the molecule is CCCCCCCC/C=C/C/C=C/CCC(=O)OCC(COC(=O)CCCCCCC/C=C/CCCCCCCCCCC)OC(=O)CCCCCCCCC/C=C/CCCCCCCC. The van der Waals surface area contributed by atoms with Crippen LogP contribution in [0.2, 0.25) is 0 Å². The summed E-state index contributed by atoms with van der Waals surface area (Å²) in [6, 6.07) is 0. The fourth-order valence-electron chi connectivity index (χ4n) is 8.19. The van der Waals surface area contributed by atoms with E-state index in [1.165, 1.54) is 193 Å². The molecule has 1 atom stereocenters. The normalized spacial score (nSPS) is 12.3. The van der Waals surface area contributed by atoms with Crippen LogP contribution in [-0.2, 0) is 28.6 Å². The van der Waals surface area contributed by atoms with Crippen LogP contribution in [0.15, 0.2) is 48.6 Å². The van der Waals surface area contributed by atoms with Gasteiger partial charge in [0.05, 0.1) is 0 Å². The maximum atomic E-state index is 12.8. The Balaban J connectivity index is 4.41. The minimum atomic E-state index is -0.800. The van der Waals surface area contributed by atoms with Crippen LogP contribution in [0.1, 0.15) is 297 Å². The number of carbonyl (C=O) groups is 3. The van der Waals surface area contributed by atoms with Crippen molar-refractivity contribution in [1.29, 1.82) is 0 Å². The van der Waals surface area contributed by atoms with Crippen molar-refractivity contribution in [3.05, 3.63) is 48.6 Å². The van der Waals surface area contributed by atoms with Crippen LogP contribution in [-0.4, -0.2) is 37.2 Å². The zero-order valence-corrected chi connectivity index (χ0v) is 44.0. The van der Waals surface area contributed by atoms with Crippen LogP contribution in [0.4, 0.5) is 0 Å². The Labute approximate surface area is 409 Å². The first-order valence-corrected chi connectivity index (χ1v) is 28.6. The van der Waals surface area contributed by atoms with Crippen molar-refractivity contribution in [1.82, 2.24) is 0 Å². The number of unbranched alkanes of at least 4 members (excludes halogenated alkanes) is 33. The van der Waals surface area contributed by atoms with Gasteiger partial charge in [0.2, 0.25) is 0 Å². The lowest BCUT2D eigenvalue weighted by molar-refractivity contribution is -0.166. The molecule has 0 heterocycles. The third-order valence-electron chi connectivity index (χ3n) is 12.5. The van der Waals surface area contributed by atoms with Crippen molar-refractivity contribution in [3.63, 3.8) is 0 Å². The zero-order chi connectivity index (χ0) is 47.9. The highest BCUT2D eigenvalue weighted by Crippen LogP contribution is 2.15. The van der Waals surface area contributed by atoms with Gasteiger partial charge in [-0.05, 0) is 89.9 Å². The smallest absolute Gasteiger partial charge is 0.306 e. The molecule has 0 aliphatic heterocycles. The molecule has 0 saturated heterocycles. The van der Waals surface area contributed by atoms with Gasteiger partial charge in [-0.2, -0.15) is 0 Å². The molecule has 0 N–H and O–H groups in total. The van der Waals surface area contributed by atoms with E-state index in [4.69, 9.17) is 14.2 Å². The number of hydrogen-bond donors (Lipinski definition) is 0. The van der Waals surface area contributed by atoms with Gasteiger partial charge >= 0.3 is 17.9 Å². The molecule has 6 nitrogen and oxygen atoms in total. The fraction of sp³-hybridized carbons (Fsp3) is 0.817. The molecule has 0 fully saturated rings. The Hall–Kier alpha value is -2.63. The second-order valence-corrected chi connectivity index (χ2v) is 19.2. The van der Waals surface area contributed by atoms with Gasteiger partial charge in [-0.1, -0.05) is 236 Å². The molecule has 0 bridgehead atoms. The summed E-state index contributed by atoms with van der Waals surface area (Å²) in [4.78, 5) is 38.1. The largest absolute Gasteiger partial charge is 0.462 e. The molecule has 0 saturated carbocycles. The minimum Gasteiger partial charge on any atom is -0.462 e. The van der Waals surface area contributed by atoms with E-state index in [9.17, 15) is 14.4 Å². The molecule has 0 spiro atoms. The molecule has 1 unspecified atom stereocenters. The first-order chi connectivity index (χ1) is 32.5. The van der Waals surface area contributed by atoms with Gasteiger partial charge in [0.25, 0.3) is 0 Å². The van der Waals surface area contributed by atoms with Crippen LogP contribution < -0.4 is 0 Å². The number of ether oxygens (including phenoxy) is 3. The Morgan fingerprint density at radius 2 is 0.576 bits per heavy atom. The van der Waals surface area contributed by atoms with Crippen molar-refractivity contribution in [2.75, 3.05) is 13.2 Å². The molecular weight excluding hydrogens is 817 g/mol. The Bertz CT molecular complexity index is 1150. The summed E-state index contributed by atoms with van der Waals surface area (Å²) < 4.78 is 16.8. The van der Waals surface area contributed by atoms with Crippen LogP contribution in [0, 0.1) is 0 Å². The lowest BCUT2D eigenvalue weighted by atomic mass is 10.1. The van der Waals surface area contributed by atoms with Crippen molar-refractivity contribution < 1.29 is 28.6 Å². The highest BCUT2D eigenvalue weighted by atomic mass is 16.6. The summed E-state index contributed by atoms with van der Waals surface area (Å²) in [6.07, 6.45) is 66.9. The predicted molar refractivity (Wildman–Crippen MR) is 284 cm³/mol. The van der Waals surface area contributed by atoms with Crippen LogP contribution in [0.25, 0.3) is 0 Å². The van der Waals surface area contributed by atoms with Gasteiger partial charge in [0.1, 0.15) is 13.2 Å². The number of esters is 3. The number of carbonyl (C=O) groups excluding carboxylic acids is 3. The molecule has 0 aromatic rings. The third kappa shape index (κ3) is 52.3. The molecule has 6 heteroatoms. The molecule has 0 aromatic heterocycles. The topological polar surface area (TPSA) is 78.9 Å². The lowest BCUT2D eigenvalue weighted by Crippen LogP contribution is -2.30. The van der Waals surface area contributed by atoms with Crippen LogP contribution in [0.3, 0.4) is 0 Å². The molecule has 0 radical (unpaired) electrons. The van der Waals surface area contributed by atoms with E-state index in [0.29, 0.717) is 19.3 Å². The highest BCUT2D eigenvalue weighted by Gasteiger charge is 2.19. The van der Waals surface area contributed by atoms with Gasteiger partial charge in [0, 0.05) is 19.3 Å². The monoisotopic (exact) mass is 925 g/mol. The second kappa shape index (κ2) is 55.0. The number of allylic oxidation sites excluding steroid dienone is 8. The summed E-state index contributed by atoms with van der Waals surface area (Å²) in [5.74, 6) is -0.966. The van der Waals surface area contributed by atoms with E-state index in [-0.39, 0.29) is 37.5 Å². The van der Waals surface area contributed by atoms with Gasteiger partial charge in [-0.15, -0.1) is 0 Å². The van der Waals surface area contributed by atoms with Crippen molar-refractivity contribution >= 4 is 17.9 Å². The summed E-state index contributed by atoms with van der Waals surface area (Å²) in [6.45, 7) is 6.59. The number of rotatable bonds is 52. The zero-order valence-electron chi connectivity index (χ0n) is 44.0. The van der Waals surface area contributed by atoms with E-state index >= 15 is 0 Å². The Morgan fingerprint density at radius 1 is 0.303 bits per heavy atom. The maximum Gasteiger partial charge on any atom is 0.306 e. The quantitative estimate of drug-likeness (QED) is 0.0262. The second-order valence-electron chi connectivity index (χ2n) is 19.2. The van der Waals surface area contributed by atoms with Gasteiger partial charge in [-0.3, -0.25) is 14.4 Å². The Kier molecular flexibility index (Phi) is 52.8. The first-order valence-electron chi connectivity index (χ1n) is 28.6. The standard InChI is InChI=1S/C60H108O6/c1-4-7-10-13-16-19-22-25-27-29-31-32-35-38-41-44-47-50-53-59(62)65-56-57(55-64-58(61)52-49-46-43-40-37-34-24-21-18-15-12-9-6-3)66-60(63)54-51-48-45-42-39-36-33-30-28-26-23-20-17-14-11-8-5-2/h26,28,31-32,34,37,43,46,57H,4-25,27,29-30,33,35-36,38-42,44-45,47-56H2,1-3H3/b28-26+,32-31+,37-34+,46-43+. The average molecular weight is 926 g/mol.